The largest absolute Gasteiger partial charge is 0.296 e. The molecule has 0 aliphatic heterocycles. The summed E-state index contributed by atoms with van der Waals surface area (Å²) in [6.07, 6.45) is 3.27. The summed E-state index contributed by atoms with van der Waals surface area (Å²) in [6.45, 7) is 0. The zero-order valence-electron chi connectivity index (χ0n) is 8.98. The minimum absolute atomic E-state index is 0.0212. The second kappa shape index (κ2) is 6.32. The lowest BCUT2D eigenvalue weighted by molar-refractivity contribution is -0.384. The molecule has 1 aromatic carbocycles. The minimum Gasteiger partial charge on any atom is -0.271 e. The molecule has 1 aromatic rings. The highest BCUT2D eigenvalue weighted by Crippen LogP contribution is 2.33. The lowest BCUT2D eigenvalue weighted by Crippen LogP contribution is -2.12. The number of nitriles is 1. The number of benzene rings is 1. The monoisotopic (exact) mass is 332 g/mol. The molecule has 0 radical (unpaired) electrons. The van der Waals surface area contributed by atoms with Gasteiger partial charge >= 0.3 is 0 Å². The molecule has 0 aliphatic carbocycles. The molecule has 1 N–H and O–H groups in total. The highest BCUT2D eigenvalue weighted by Gasteiger charge is 2.17. The molecule has 0 aliphatic rings. The van der Waals surface area contributed by atoms with Crippen molar-refractivity contribution in [2.75, 3.05) is 6.26 Å². The molecule has 0 unspecified atom stereocenters. The lowest BCUT2D eigenvalue weighted by atomic mass is 10.2. The normalized spacial score (nSPS) is 10.9. The van der Waals surface area contributed by atoms with Gasteiger partial charge in [-0.1, -0.05) is 11.8 Å². The van der Waals surface area contributed by atoms with Gasteiger partial charge in [0.2, 0.25) is 0 Å². The second-order valence-electron chi connectivity index (χ2n) is 2.87. The van der Waals surface area contributed by atoms with Crippen molar-refractivity contribution in [2.45, 2.75) is 0 Å². The fourth-order valence-corrected chi connectivity index (χ4v) is 1.71. The topological polar surface area (TPSA) is 91.3 Å². The van der Waals surface area contributed by atoms with Crippen molar-refractivity contribution in [1.82, 2.24) is 5.32 Å². The van der Waals surface area contributed by atoms with Crippen molar-refractivity contribution >= 4 is 44.2 Å². The number of nitrogens with zero attached hydrogens (tertiary/aromatic N) is 3. The Kier molecular flexibility index (Phi) is 5.06. The number of nitro benzene ring substituents is 1. The van der Waals surface area contributed by atoms with E-state index in [1.807, 2.05) is 0 Å². The van der Waals surface area contributed by atoms with Crippen molar-refractivity contribution in [2.24, 2.45) is 4.99 Å². The smallest absolute Gasteiger partial charge is 0.271 e. The van der Waals surface area contributed by atoms with Crippen LogP contribution in [-0.4, -0.2) is 16.3 Å². The molecule has 9 heteroatoms. The van der Waals surface area contributed by atoms with Gasteiger partial charge in [-0.3, -0.25) is 15.4 Å². The van der Waals surface area contributed by atoms with Gasteiger partial charge in [0, 0.05) is 12.1 Å². The van der Waals surface area contributed by atoms with Crippen LogP contribution in [0.25, 0.3) is 0 Å². The maximum Gasteiger partial charge on any atom is 0.296 e. The Labute approximate surface area is 114 Å². The fraction of sp³-hybridized carbons (Fsp3) is 0.111. The van der Waals surface area contributed by atoms with Crippen LogP contribution in [0.15, 0.2) is 21.6 Å². The molecule has 0 heterocycles. The fourth-order valence-electron chi connectivity index (χ4n) is 1.04. The van der Waals surface area contributed by atoms with Crippen LogP contribution in [0.4, 0.5) is 15.8 Å². The number of hydrogen-bond acceptors (Lipinski definition) is 5. The van der Waals surface area contributed by atoms with Gasteiger partial charge in [0.15, 0.2) is 11.4 Å². The first-order valence-corrected chi connectivity index (χ1v) is 6.42. The summed E-state index contributed by atoms with van der Waals surface area (Å²) in [7, 11) is 0. The van der Waals surface area contributed by atoms with Crippen LogP contribution in [0.2, 0.25) is 0 Å². The number of hydrogen-bond donors (Lipinski definition) is 1. The Bertz CT molecular complexity index is 558. The van der Waals surface area contributed by atoms with Gasteiger partial charge in [-0.05, 0) is 22.2 Å². The summed E-state index contributed by atoms with van der Waals surface area (Å²) >= 11 is 3.94. The first-order valence-electron chi connectivity index (χ1n) is 4.40. The third kappa shape index (κ3) is 3.41. The molecular weight excluding hydrogens is 327 g/mol. The van der Waals surface area contributed by atoms with E-state index in [0.717, 1.165) is 23.9 Å². The van der Waals surface area contributed by atoms with E-state index in [9.17, 15) is 14.5 Å². The van der Waals surface area contributed by atoms with E-state index in [1.165, 1.54) is 0 Å². The summed E-state index contributed by atoms with van der Waals surface area (Å²) in [5.74, 6) is -0.670. The Morgan fingerprint density at radius 1 is 1.72 bits per heavy atom. The molecule has 0 spiro atoms. The molecule has 0 saturated heterocycles. The SMILES string of the molecule is CSC(=Nc1cc(F)c(Br)cc1[N+](=O)[O-])NC#N. The maximum atomic E-state index is 13.3. The van der Waals surface area contributed by atoms with Crippen LogP contribution in [-0.2, 0) is 0 Å². The van der Waals surface area contributed by atoms with Crippen molar-refractivity contribution in [3.8, 4) is 6.19 Å². The molecule has 1 rings (SSSR count). The summed E-state index contributed by atoms with van der Waals surface area (Å²) < 4.78 is 13.3. The summed E-state index contributed by atoms with van der Waals surface area (Å²) in [5, 5.41) is 21.6. The summed E-state index contributed by atoms with van der Waals surface area (Å²) in [6, 6.07) is 1.95. The highest BCUT2D eigenvalue weighted by molar-refractivity contribution is 9.10. The first kappa shape index (κ1) is 14.4. The first-order chi connectivity index (χ1) is 8.49. The van der Waals surface area contributed by atoms with E-state index in [-0.39, 0.29) is 21.0 Å². The standard InChI is InChI=1S/C9H6BrFN4O2S/c1-18-9(13-4-12)14-7-3-6(11)5(10)2-8(7)15(16)17/h2-3H,1H3,(H,13,14). The molecule has 94 valence electrons. The predicted octanol–water partition coefficient (Wildman–Crippen LogP) is 2.92. The third-order valence-electron chi connectivity index (χ3n) is 1.79. The zero-order valence-corrected chi connectivity index (χ0v) is 11.4. The molecule has 0 atom stereocenters. The van der Waals surface area contributed by atoms with Gasteiger partial charge in [0.1, 0.15) is 11.5 Å². The van der Waals surface area contributed by atoms with Gasteiger partial charge in [-0.2, -0.15) is 5.26 Å². The van der Waals surface area contributed by atoms with E-state index >= 15 is 0 Å². The van der Waals surface area contributed by atoms with E-state index in [4.69, 9.17) is 5.26 Å². The zero-order chi connectivity index (χ0) is 13.7. The predicted molar refractivity (Wildman–Crippen MR) is 70.1 cm³/mol. The number of amidine groups is 1. The maximum absolute atomic E-state index is 13.3. The number of rotatable bonds is 2. The highest BCUT2D eigenvalue weighted by atomic mass is 79.9. The van der Waals surface area contributed by atoms with Crippen molar-refractivity contribution in [1.29, 1.82) is 5.26 Å². The average Bonchev–Trinajstić information content (AvgIpc) is 2.32. The Morgan fingerprint density at radius 2 is 2.39 bits per heavy atom. The molecule has 0 bridgehead atoms. The molecule has 6 nitrogen and oxygen atoms in total. The molecule has 0 amide bonds. The van der Waals surface area contributed by atoms with E-state index in [1.54, 1.807) is 12.4 Å². The minimum atomic E-state index is -0.673. The molecule has 0 fully saturated rings. The van der Waals surface area contributed by atoms with E-state index in [0.29, 0.717) is 0 Å². The van der Waals surface area contributed by atoms with E-state index < -0.39 is 10.7 Å². The number of aliphatic imine (C=N–C) groups is 1. The molecule has 0 aromatic heterocycles. The Hall–Kier alpha value is -1.66. The van der Waals surface area contributed by atoms with Gasteiger partial charge in [0.25, 0.3) is 5.69 Å². The van der Waals surface area contributed by atoms with Crippen LogP contribution in [0, 0.1) is 27.4 Å². The van der Waals surface area contributed by atoms with Crippen molar-refractivity contribution < 1.29 is 9.31 Å². The van der Waals surface area contributed by atoms with Gasteiger partial charge in [-0.25, -0.2) is 9.38 Å². The average molecular weight is 333 g/mol. The van der Waals surface area contributed by atoms with Crippen LogP contribution in [0.1, 0.15) is 0 Å². The summed E-state index contributed by atoms with van der Waals surface area (Å²) in [4.78, 5) is 14.0. The van der Waals surface area contributed by atoms with Crippen LogP contribution >= 0.6 is 27.7 Å². The van der Waals surface area contributed by atoms with Crippen molar-refractivity contribution in [3.63, 3.8) is 0 Å². The number of nitro groups is 1. The van der Waals surface area contributed by atoms with Gasteiger partial charge in [0.05, 0.1) is 9.40 Å². The number of halogens is 2. The molecular formula is C9H6BrFN4O2S. The van der Waals surface area contributed by atoms with Crippen LogP contribution < -0.4 is 5.32 Å². The summed E-state index contributed by atoms with van der Waals surface area (Å²) in [5.41, 5.74) is -0.512. The third-order valence-corrected chi connectivity index (χ3v) is 2.98. The van der Waals surface area contributed by atoms with Crippen molar-refractivity contribution in [3.05, 3.63) is 32.5 Å². The molecule has 18 heavy (non-hydrogen) atoms. The second-order valence-corrected chi connectivity index (χ2v) is 4.52. The Balaban J connectivity index is 3.35. The Morgan fingerprint density at radius 3 is 2.89 bits per heavy atom. The number of thioether (sulfide) groups is 1. The lowest BCUT2D eigenvalue weighted by Gasteiger charge is -2.02. The van der Waals surface area contributed by atoms with Gasteiger partial charge in [-0.15, -0.1) is 0 Å². The van der Waals surface area contributed by atoms with Crippen LogP contribution in [0.5, 0.6) is 0 Å². The van der Waals surface area contributed by atoms with E-state index in [2.05, 4.69) is 26.2 Å². The van der Waals surface area contributed by atoms with Gasteiger partial charge < -0.3 is 0 Å². The quantitative estimate of drug-likeness (QED) is 0.224. The van der Waals surface area contributed by atoms with Crippen LogP contribution in [0.3, 0.4) is 0 Å². The number of nitrogens with one attached hydrogen (secondary N) is 1. The molecule has 0 saturated carbocycles.